The Morgan fingerprint density at radius 1 is 1.07 bits per heavy atom. The van der Waals surface area contributed by atoms with E-state index in [-0.39, 0.29) is 17.5 Å². The van der Waals surface area contributed by atoms with E-state index in [4.69, 9.17) is 21.4 Å². The minimum absolute atomic E-state index is 0.0946. The van der Waals surface area contributed by atoms with Crippen LogP contribution in [0.15, 0.2) is 65.5 Å². The van der Waals surface area contributed by atoms with Gasteiger partial charge in [-0.2, -0.15) is 5.10 Å². The van der Waals surface area contributed by atoms with Gasteiger partial charge in [0, 0.05) is 36.6 Å². The number of hydrogen-bond acceptors (Lipinski definition) is 5. The molecule has 1 aliphatic rings. The molecular weight excluding hydrogens is 528 g/mol. The second kappa shape index (κ2) is 11.8. The van der Waals surface area contributed by atoms with Gasteiger partial charge in [0.25, 0.3) is 11.5 Å². The van der Waals surface area contributed by atoms with Crippen LogP contribution in [0, 0.1) is 0 Å². The average Bonchev–Trinajstić information content (AvgIpc) is 2.91. The number of carbonyl (C=O) groups excluding carboxylic acids is 2. The van der Waals surface area contributed by atoms with Crippen molar-refractivity contribution in [3.05, 3.63) is 87.2 Å². The Kier molecular flexibility index (Phi) is 8.68. The van der Waals surface area contributed by atoms with E-state index in [1.54, 1.807) is 20.2 Å². The molecule has 4 rings (SSSR count). The van der Waals surface area contributed by atoms with Crippen LogP contribution in [0.2, 0.25) is 5.02 Å². The molecule has 1 heterocycles. The third-order valence-corrected chi connectivity index (χ3v) is 7.54. The zero-order valence-electron chi connectivity index (χ0n) is 23.7. The number of rotatable bonds is 6. The monoisotopic (exact) mass is 564 g/mol. The average molecular weight is 565 g/mol. The molecule has 0 aliphatic heterocycles. The van der Waals surface area contributed by atoms with Crippen molar-refractivity contribution in [3.63, 3.8) is 0 Å². The minimum Gasteiger partial charge on any atom is -0.444 e. The molecule has 0 saturated heterocycles. The predicted octanol–water partition coefficient (Wildman–Crippen LogP) is 5.84. The van der Waals surface area contributed by atoms with Crippen LogP contribution in [-0.2, 0) is 10.2 Å². The summed E-state index contributed by atoms with van der Waals surface area (Å²) in [6, 6.07) is 18.6. The van der Waals surface area contributed by atoms with E-state index >= 15 is 0 Å². The van der Waals surface area contributed by atoms with Crippen molar-refractivity contribution in [2.24, 2.45) is 0 Å². The molecule has 1 aliphatic carbocycles. The van der Waals surface area contributed by atoms with Gasteiger partial charge in [0.15, 0.2) is 0 Å². The first-order chi connectivity index (χ1) is 18.9. The molecule has 1 N–H and O–H groups in total. The number of carbonyl (C=O) groups is 2. The van der Waals surface area contributed by atoms with Crippen molar-refractivity contribution >= 4 is 23.6 Å². The molecule has 0 radical (unpaired) electrons. The van der Waals surface area contributed by atoms with E-state index in [2.05, 4.69) is 5.32 Å². The molecule has 0 spiro atoms. The van der Waals surface area contributed by atoms with E-state index < -0.39 is 22.7 Å². The topological polar surface area (TPSA) is 93.5 Å². The summed E-state index contributed by atoms with van der Waals surface area (Å²) in [7, 11) is 3.26. The van der Waals surface area contributed by atoms with Gasteiger partial charge in [0.2, 0.25) is 0 Å². The largest absolute Gasteiger partial charge is 0.444 e. The smallest absolute Gasteiger partial charge is 0.407 e. The number of aromatic nitrogens is 2. The number of benzene rings is 2. The van der Waals surface area contributed by atoms with Gasteiger partial charge in [-0.25, -0.2) is 9.48 Å². The van der Waals surface area contributed by atoms with Gasteiger partial charge in [-0.15, -0.1) is 0 Å². The van der Waals surface area contributed by atoms with Crippen LogP contribution >= 0.6 is 11.6 Å². The highest BCUT2D eigenvalue weighted by Gasteiger charge is 2.39. The van der Waals surface area contributed by atoms with E-state index in [1.165, 1.54) is 9.58 Å². The van der Waals surface area contributed by atoms with Gasteiger partial charge in [0.1, 0.15) is 11.2 Å². The molecule has 0 atom stereocenters. The number of alkyl carbamates (subject to hydrolysis) is 1. The molecule has 212 valence electrons. The summed E-state index contributed by atoms with van der Waals surface area (Å²) in [5, 5.41) is 8.32. The Labute approximate surface area is 240 Å². The standard InChI is InChI=1S/C31H37ClN4O4/c1-30(2,3)40-29(39)33-20-31(22-12-9-13-23(32)18-22)16-14-24(15-17-31)36-28(38)25(27(37)35(4)5)19-26(34-36)21-10-7-6-8-11-21/h6-13,18-19,24H,14-17,20H2,1-5H3,(H,33,39). The summed E-state index contributed by atoms with van der Waals surface area (Å²) in [5.41, 5.74) is 1.11. The Balaban J connectivity index is 1.66. The summed E-state index contributed by atoms with van der Waals surface area (Å²) in [5.74, 6) is -0.357. The van der Waals surface area contributed by atoms with Crippen LogP contribution in [0.1, 0.15) is 68.4 Å². The van der Waals surface area contributed by atoms with Crippen molar-refractivity contribution in [1.29, 1.82) is 0 Å². The summed E-state index contributed by atoms with van der Waals surface area (Å²) in [6.07, 6.45) is 2.13. The number of nitrogens with zero attached hydrogens (tertiary/aromatic N) is 3. The van der Waals surface area contributed by atoms with Crippen molar-refractivity contribution in [3.8, 4) is 11.3 Å². The molecular formula is C31H37ClN4O4. The first-order valence-electron chi connectivity index (χ1n) is 13.5. The van der Waals surface area contributed by atoms with Gasteiger partial charge in [-0.3, -0.25) is 9.59 Å². The lowest BCUT2D eigenvalue weighted by molar-refractivity contribution is 0.0504. The molecule has 0 bridgehead atoms. The Bertz CT molecular complexity index is 1420. The molecule has 2 aromatic carbocycles. The van der Waals surface area contributed by atoms with Crippen LogP contribution in [0.5, 0.6) is 0 Å². The number of nitrogens with one attached hydrogen (secondary N) is 1. The molecule has 3 aromatic rings. The molecule has 1 aromatic heterocycles. The molecule has 2 amide bonds. The minimum atomic E-state index is -0.608. The van der Waals surface area contributed by atoms with Gasteiger partial charge >= 0.3 is 6.09 Å². The third kappa shape index (κ3) is 6.73. The summed E-state index contributed by atoms with van der Waals surface area (Å²) in [4.78, 5) is 40.5. The number of halogens is 1. The van der Waals surface area contributed by atoms with Crippen molar-refractivity contribution in [1.82, 2.24) is 20.0 Å². The zero-order valence-corrected chi connectivity index (χ0v) is 24.5. The second-order valence-corrected chi connectivity index (χ2v) is 12.1. The van der Waals surface area contributed by atoms with Gasteiger partial charge < -0.3 is 15.0 Å². The van der Waals surface area contributed by atoms with E-state index in [1.807, 2.05) is 75.4 Å². The maximum absolute atomic E-state index is 13.6. The quantitative estimate of drug-likeness (QED) is 0.406. The lowest BCUT2D eigenvalue weighted by Crippen LogP contribution is -2.46. The second-order valence-electron chi connectivity index (χ2n) is 11.6. The molecule has 1 saturated carbocycles. The SMILES string of the molecule is CN(C)C(=O)c1cc(-c2ccccc2)nn(C2CCC(CNC(=O)OC(C)(C)C)(c3cccc(Cl)c3)CC2)c1=O. The van der Waals surface area contributed by atoms with Crippen molar-refractivity contribution < 1.29 is 14.3 Å². The van der Waals surface area contributed by atoms with Crippen molar-refractivity contribution in [2.75, 3.05) is 20.6 Å². The molecule has 1 fully saturated rings. The van der Waals surface area contributed by atoms with Crippen LogP contribution in [0.25, 0.3) is 11.3 Å². The van der Waals surface area contributed by atoms with Gasteiger partial charge in [-0.05, 0) is 70.2 Å². The van der Waals surface area contributed by atoms with E-state index in [9.17, 15) is 14.4 Å². The lowest BCUT2D eigenvalue weighted by atomic mass is 9.68. The molecule has 8 nitrogen and oxygen atoms in total. The summed E-state index contributed by atoms with van der Waals surface area (Å²) in [6.45, 7) is 5.85. The number of amides is 2. The molecule has 0 unspecified atom stereocenters. The summed E-state index contributed by atoms with van der Waals surface area (Å²) >= 11 is 6.37. The number of ether oxygens (including phenoxy) is 1. The normalized spacial score (nSPS) is 19.1. The fourth-order valence-electron chi connectivity index (χ4n) is 5.24. The Morgan fingerprint density at radius 2 is 1.75 bits per heavy atom. The first kappa shape index (κ1) is 29.3. The van der Waals surface area contributed by atoms with Crippen LogP contribution in [0.4, 0.5) is 4.79 Å². The van der Waals surface area contributed by atoms with E-state index in [0.717, 1.165) is 11.1 Å². The fourth-order valence-corrected chi connectivity index (χ4v) is 5.44. The lowest BCUT2D eigenvalue weighted by Gasteiger charge is -2.41. The highest BCUT2D eigenvalue weighted by molar-refractivity contribution is 6.30. The first-order valence-corrected chi connectivity index (χ1v) is 13.9. The van der Waals surface area contributed by atoms with Gasteiger partial charge in [-0.1, -0.05) is 54.1 Å². The number of hydrogen-bond donors (Lipinski definition) is 1. The van der Waals surface area contributed by atoms with E-state index in [0.29, 0.717) is 42.9 Å². The Morgan fingerprint density at radius 3 is 2.35 bits per heavy atom. The van der Waals surface area contributed by atoms with Gasteiger partial charge in [0.05, 0.1) is 11.7 Å². The molecule has 40 heavy (non-hydrogen) atoms. The Hall–Kier alpha value is -3.65. The maximum atomic E-state index is 13.6. The fraction of sp³-hybridized carbons (Fsp3) is 0.419. The highest BCUT2D eigenvalue weighted by Crippen LogP contribution is 2.43. The molecule has 9 heteroatoms. The summed E-state index contributed by atoms with van der Waals surface area (Å²) < 4.78 is 6.97. The third-order valence-electron chi connectivity index (χ3n) is 7.31. The maximum Gasteiger partial charge on any atom is 0.407 e. The van der Waals surface area contributed by atoms with Crippen LogP contribution in [0.3, 0.4) is 0 Å². The predicted molar refractivity (Wildman–Crippen MR) is 157 cm³/mol. The van der Waals surface area contributed by atoms with Crippen LogP contribution < -0.4 is 10.9 Å². The highest BCUT2D eigenvalue weighted by atomic mass is 35.5. The van der Waals surface area contributed by atoms with Crippen LogP contribution in [-0.4, -0.2) is 52.9 Å². The zero-order chi connectivity index (χ0) is 29.1. The van der Waals surface area contributed by atoms with Crippen molar-refractivity contribution in [2.45, 2.75) is 63.5 Å².